The lowest BCUT2D eigenvalue weighted by Gasteiger charge is -2.24. The van der Waals surface area contributed by atoms with Crippen molar-refractivity contribution in [2.24, 2.45) is 0 Å². The van der Waals surface area contributed by atoms with Crippen LogP contribution >= 0.6 is 34.8 Å². The van der Waals surface area contributed by atoms with Gasteiger partial charge >= 0.3 is 23.9 Å². The van der Waals surface area contributed by atoms with Gasteiger partial charge in [0.2, 0.25) is 23.5 Å². The Kier molecular flexibility index (Phi) is 26.4. The lowest BCUT2D eigenvalue weighted by atomic mass is 9.97. The zero-order valence-corrected chi connectivity index (χ0v) is 50.4. The smallest absolute Gasteiger partial charge is 0.347 e. The largest absolute Gasteiger partial charge is 0.503 e. The van der Waals surface area contributed by atoms with Crippen LogP contribution in [0, 0.1) is 0 Å². The first-order valence-electron chi connectivity index (χ1n) is 25.5. The van der Waals surface area contributed by atoms with Crippen molar-refractivity contribution in [1.29, 1.82) is 0 Å². The number of fused-ring (bicyclic) bond motifs is 1. The highest BCUT2D eigenvalue weighted by atomic mass is 35.5. The van der Waals surface area contributed by atoms with Gasteiger partial charge in [-0.3, -0.25) is 4.79 Å². The highest BCUT2D eigenvalue weighted by Crippen LogP contribution is 2.37. The van der Waals surface area contributed by atoms with E-state index in [4.69, 9.17) is 96.4 Å². The van der Waals surface area contributed by atoms with Crippen molar-refractivity contribution in [3.63, 3.8) is 0 Å². The van der Waals surface area contributed by atoms with E-state index in [-0.39, 0.29) is 50.9 Å². The van der Waals surface area contributed by atoms with Crippen LogP contribution in [0.4, 0.5) is 0 Å². The summed E-state index contributed by atoms with van der Waals surface area (Å²) in [7, 11) is 11.1. The van der Waals surface area contributed by atoms with Crippen LogP contribution in [0.15, 0.2) is 177 Å². The van der Waals surface area contributed by atoms with Gasteiger partial charge in [0.25, 0.3) is 0 Å². The number of carbonyl (C=O) groups is 4. The SMILES string of the molecule is CO/C=C(/C(=O)OC)c1ccccc1Oc1cc(Cl)ncn1.CO/C=C(/C(=O)OC)c1ccccc1Oc1cc(Oc2ccccc2Cl)ncn1.CO/C=C1\C(=O)Oc2ccccc21.COC(=O)C(c1ccccc1Oc1cc(Cl)ncn1)C(OC)OC. The van der Waals surface area contributed by atoms with Gasteiger partial charge in [-0.05, 0) is 36.4 Å². The van der Waals surface area contributed by atoms with Crippen molar-refractivity contribution in [2.75, 3.05) is 56.9 Å². The number of benzene rings is 5. The van der Waals surface area contributed by atoms with Crippen molar-refractivity contribution in [3.8, 4) is 52.3 Å². The third-order valence-corrected chi connectivity index (χ3v) is 12.2. The molecule has 0 bridgehead atoms. The summed E-state index contributed by atoms with van der Waals surface area (Å²) in [5, 5.41) is 0.947. The van der Waals surface area contributed by atoms with Crippen molar-refractivity contribution in [2.45, 2.75) is 12.2 Å². The van der Waals surface area contributed by atoms with Gasteiger partial charge in [-0.2, -0.15) is 0 Å². The molecule has 0 radical (unpaired) electrons. The maximum atomic E-state index is 12.2. The van der Waals surface area contributed by atoms with E-state index in [1.54, 1.807) is 103 Å². The number of methoxy groups -OCH3 is 8. The molecular weight excluding hydrogens is 1210 g/mol. The third kappa shape index (κ3) is 18.9. The second kappa shape index (κ2) is 34.7. The molecule has 0 amide bonds. The van der Waals surface area contributed by atoms with Crippen LogP contribution in [-0.4, -0.2) is 117 Å². The first kappa shape index (κ1) is 67.0. The van der Waals surface area contributed by atoms with E-state index in [0.717, 1.165) is 5.56 Å². The van der Waals surface area contributed by atoms with E-state index >= 15 is 0 Å². The number of ether oxygens (including phenoxy) is 13. The molecule has 0 aliphatic carbocycles. The van der Waals surface area contributed by atoms with Crippen LogP contribution in [0.2, 0.25) is 15.3 Å². The molecule has 1 atom stereocenters. The zero-order valence-electron chi connectivity index (χ0n) is 48.2. The van der Waals surface area contributed by atoms with Crippen molar-refractivity contribution < 1.29 is 80.8 Å². The second-order valence-electron chi connectivity index (χ2n) is 16.9. The zero-order chi connectivity index (χ0) is 63.4. The Morgan fingerprint density at radius 3 is 1.39 bits per heavy atom. The Bertz CT molecular complexity index is 3760. The first-order chi connectivity index (χ1) is 42.7. The quantitative estimate of drug-likeness (QED) is 0.0130. The molecule has 0 fully saturated rings. The Morgan fingerprint density at radius 1 is 0.477 bits per heavy atom. The predicted molar refractivity (Wildman–Crippen MR) is 321 cm³/mol. The van der Waals surface area contributed by atoms with Crippen LogP contribution in [0.25, 0.3) is 16.7 Å². The third-order valence-electron chi connectivity index (χ3n) is 11.4. The van der Waals surface area contributed by atoms with Crippen molar-refractivity contribution in [1.82, 2.24) is 29.9 Å². The van der Waals surface area contributed by atoms with Crippen LogP contribution in [0.1, 0.15) is 28.2 Å². The van der Waals surface area contributed by atoms with Crippen molar-refractivity contribution in [3.05, 3.63) is 215 Å². The molecule has 23 nitrogen and oxygen atoms in total. The van der Waals surface area contributed by atoms with Crippen LogP contribution in [-0.2, 0) is 57.1 Å². The number of hydrogen-bond donors (Lipinski definition) is 0. The maximum absolute atomic E-state index is 12.2. The molecule has 0 saturated heterocycles. The highest BCUT2D eigenvalue weighted by molar-refractivity contribution is 6.32. The summed E-state index contributed by atoms with van der Waals surface area (Å²) < 4.78 is 67.6. The average Bonchev–Trinajstić information content (AvgIpc) is 2.34. The topological polar surface area (TPSA) is 266 Å². The average molecular weight is 1260 g/mol. The van der Waals surface area contributed by atoms with Crippen LogP contribution in [0.5, 0.6) is 52.3 Å². The van der Waals surface area contributed by atoms with Gasteiger partial charge in [0, 0.05) is 48.6 Å². The normalized spacial score (nSPS) is 12.1. The molecular formula is C62H55Cl3N6O17. The Balaban J connectivity index is 0.000000193. The van der Waals surface area contributed by atoms with Gasteiger partial charge in [-0.25, -0.2) is 44.3 Å². The number of para-hydroxylation sites is 5. The number of rotatable bonds is 20. The molecule has 1 aliphatic heterocycles. The van der Waals surface area contributed by atoms with E-state index in [0.29, 0.717) is 56.0 Å². The van der Waals surface area contributed by atoms with E-state index in [9.17, 15) is 19.2 Å². The summed E-state index contributed by atoms with van der Waals surface area (Å²) in [5.41, 5.74) is 3.20. The minimum atomic E-state index is -0.837. The Morgan fingerprint density at radius 2 is 0.909 bits per heavy atom. The van der Waals surface area contributed by atoms with Gasteiger partial charge in [-0.1, -0.05) is 120 Å². The minimum Gasteiger partial charge on any atom is -0.503 e. The van der Waals surface area contributed by atoms with Crippen LogP contribution < -0.4 is 23.7 Å². The molecule has 0 saturated carbocycles. The fourth-order valence-corrected chi connectivity index (χ4v) is 8.05. The van der Waals surface area contributed by atoms with Gasteiger partial charge < -0.3 is 61.6 Å². The van der Waals surface area contributed by atoms with Gasteiger partial charge in [-0.15, -0.1) is 0 Å². The molecule has 1 unspecified atom stereocenters. The van der Waals surface area contributed by atoms with E-state index in [1.807, 2.05) is 18.2 Å². The Hall–Kier alpha value is -10.2. The molecule has 0 N–H and O–H groups in total. The summed E-state index contributed by atoms with van der Waals surface area (Å²) in [6.45, 7) is 0. The minimum absolute atomic E-state index is 0.201. The number of esters is 4. The standard InChI is InChI=1S/C21H17ClN2O5.C16H17ClN2O5.C15H13ClN2O4.C10H8O3/c1-26-12-15(21(25)27-2)14-7-3-5-9-17(14)28-19-11-20(24-13-23-19)29-18-10-6-4-8-16(18)22;1-21-15(20)14(16(22-2)23-3)10-6-4-5-7-11(10)24-13-8-12(17)18-9-19-13;1-20-8-11(15(19)21-2)10-5-3-4-6-12(10)22-14-7-13(16)17-9-18-14;1-12-6-8-7-4-2-3-5-9(7)13-10(8)11/h3-13H,1-2H3;4-9,14,16H,1-3H3;3-9H,1-2H3;2-6H,1H3/b15-12+;;11-8+;8-6-. The molecule has 3 aromatic heterocycles. The number of hydrogen-bond acceptors (Lipinski definition) is 23. The van der Waals surface area contributed by atoms with E-state index < -0.39 is 30.1 Å². The number of carbonyl (C=O) groups excluding carboxylic acids is 4. The first-order valence-corrected chi connectivity index (χ1v) is 26.7. The molecule has 8 aromatic rings. The lowest BCUT2D eigenvalue weighted by molar-refractivity contribution is -0.163. The van der Waals surface area contributed by atoms with E-state index in [2.05, 4.69) is 29.9 Å². The fraction of sp³-hybridized carbons (Fsp3) is 0.161. The number of aromatic nitrogens is 6. The summed E-state index contributed by atoms with van der Waals surface area (Å²) in [6, 6.07) is 39.6. The molecule has 1 aliphatic rings. The Labute approximate surface area is 519 Å². The monoisotopic (exact) mass is 1260 g/mol. The highest BCUT2D eigenvalue weighted by Gasteiger charge is 2.34. The van der Waals surface area contributed by atoms with E-state index in [1.165, 1.54) is 113 Å². The molecule has 0 spiro atoms. The molecule has 26 heteroatoms. The molecule has 456 valence electrons. The number of nitrogens with zero attached hydrogens (tertiary/aromatic N) is 6. The van der Waals surface area contributed by atoms with Crippen molar-refractivity contribution >= 4 is 75.4 Å². The fourth-order valence-electron chi connectivity index (χ4n) is 7.60. The van der Waals surface area contributed by atoms with Crippen LogP contribution in [0.3, 0.4) is 0 Å². The molecule has 5 aromatic carbocycles. The summed E-state index contributed by atoms with van der Waals surface area (Å²) in [5.74, 6) is 0.403. The molecule has 4 heterocycles. The number of halogens is 3. The molecule has 9 rings (SSSR count). The maximum Gasteiger partial charge on any atom is 0.347 e. The van der Waals surface area contributed by atoms with Gasteiger partial charge in [0.05, 0.1) is 72.5 Å². The summed E-state index contributed by atoms with van der Waals surface area (Å²) in [6.07, 6.45) is 7.01. The van der Waals surface area contributed by atoms with Gasteiger partial charge in [0.1, 0.15) is 80.7 Å². The summed E-state index contributed by atoms with van der Waals surface area (Å²) in [4.78, 5) is 71.2. The molecule has 88 heavy (non-hydrogen) atoms. The van der Waals surface area contributed by atoms with Gasteiger partial charge in [0.15, 0.2) is 6.29 Å². The predicted octanol–water partition coefficient (Wildman–Crippen LogP) is 12.3. The summed E-state index contributed by atoms with van der Waals surface area (Å²) >= 11 is 17.7. The lowest BCUT2D eigenvalue weighted by Crippen LogP contribution is -2.30. The second-order valence-corrected chi connectivity index (χ2v) is 18.1.